The topological polar surface area (TPSA) is 67.6 Å². The molecule has 1 atom stereocenters. The van der Waals surface area contributed by atoms with Crippen LogP contribution in [0.15, 0.2) is 35.3 Å². The third-order valence-corrected chi connectivity index (χ3v) is 3.56. The lowest BCUT2D eigenvalue weighted by molar-refractivity contribution is 0.0963. The predicted octanol–water partition coefficient (Wildman–Crippen LogP) is 2.09. The van der Waals surface area contributed by atoms with E-state index < -0.39 is 18.0 Å². The number of amides is 1. The average Bonchev–Trinajstić information content (AvgIpc) is 3.04. The molecule has 110 valence electrons. The predicted molar refractivity (Wildman–Crippen MR) is 75.9 cm³/mol. The van der Waals surface area contributed by atoms with E-state index in [2.05, 4.69) is 20.9 Å². The number of aromatic nitrogens is 2. The molecule has 1 saturated heterocycles. The molecule has 0 spiro atoms. The summed E-state index contributed by atoms with van der Waals surface area (Å²) in [6, 6.07) is 4.43. The Hall–Kier alpha value is -1.93. The summed E-state index contributed by atoms with van der Waals surface area (Å²) >= 11 is 3.20. The molecule has 21 heavy (non-hydrogen) atoms. The molecular weight excluding hydrogens is 345 g/mol. The van der Waals surface area contributed by atoms with E-state index in [1.807, 2.05) is 0 Å². The molecule has 1 N–H and O–H groups in total. The quantitative estimate of drug-likeness (QED) is 0.915. The van der Waals surface area contributed by atoms with Crippen molar-refractivity contribution in [1.29, 1.82) is 0 Å². The van der Waals surface area contributed by atoms with Gasteiger partial charge in [0.15, 0.2) is 0 Å². The highest BCUT2D eigenvalue weighted by Crippen LogP contribution is 2.25. The van der Waals surface area contributed by atoms with Crippen LogP contribution in [0.3, 0.4) is 0 Å². The van der Waals surface area contributed by atoms with Gasteiger partial charge in [-0.3, -0.25) is 4.90 Å². The van der Waals surface area contributed by atoms with E-state index in [0.717, 1.165) is 0 Å². The summed E-state index contributed by atoms with van der Waals surface area (Å²) in [6.07, 6.45) is 1.94. The van der Waals surface area contributed by atoms with Crippen molar-refractivity contribution in [3.63, 3.8) is 0 Å². The second-order valence-electron chi connectivity index (χ2n) is 4.54. The Labute approximate surface area is 127 Å². The van der Waals surface area contributed by atoms with E-state index in [0.29, 0.717) is 16.0 Å². The normalized spacial score (nSPS) is 18.1. The minimum atomic E-state index is -0.591. The first-order chi connectivity index (χ1) is 10.1. The van der Waals surface area contributed by atoms with E-state index in [-0.39, 0.29) is 13.2 Å². The van der Waals surface area contributed by atoms with Gasteiger partial charge in [0, 0.05) is 6.20 Å². The van der Waals surface area contributed by atoms with Crippen LogP contribution in [0.2, 0.25) is 0 Å². The van der Waals surface area contributed by atoms with Crippen LogP contribution in [0.1, 0.15) is 0 Å². The molecule has 1 aliphatic heterocycles. The number of rotatable bonds is 3. The Kier molecular flexibility index (Phi) is 3.64. The zero-order chi connectivity index (χ0) is 15.0. The smallest absolute Gasteiger partial charge is 0.414 e. The molecule has 0 saturated carbocycles. The number of hydrogen-bond acceptors (Lipinski definition) is 4. The van der Waals surface area contributed by atoms with Gasteiger partial charge < -0.3 is 14.4 Å². The molecule has 2 heterocycles. The van der Waals surface area contributed by atoms with Gasteiger partial charge in [-0.15, -0.1) is 0 Å². The molecule has 3 rings (SSSR count). The Bertz CT molecular complexity index is 691. The number of aliphatic hydroxyl groups is 1. The van der Waals surface area contributed by atoms with Crippen molar-refractivity contribution in [1.82, 2.24) is 9.55 Å². The van der Waals surface area contributed by atoms with Crippen molar-refractivity contribution >= 4 is 27.7 Å². The monoisotopic (exact) mass is 355 g/mol. The largest absolute Gasteiger partial charge is 0.441 e. The van der Waals surface area contributed by atoms with Crippen LogP contribution in [0.5, 0.6) is 0 Å². The molecule has 1 aromatic heterocycles. The van der Waals surface area contributed by atoms with Gasteiger partial charge in [-0.1, -0.05) is 0 Å². The van der Waals surface area contributed by atoms with Gasteiger partial charge in [-0.05, 0) is 34.1 Å². The fourth-order valence-corrected chi connectivity index (χ4v) is 2.44. The number of anilines is 1. The molecule has 2 aromatic rings. The lowest BCUT2D eigenvalue weighted by Gasteiger charge is -2.14. The van der Waals surface area contributed by atoms with E-state index >= 15 is 0 Å². The summed E-state index contributed by atoms with van der Waals surface area (Å²) in [5.74, 6) is -0.488. The number of carbonyl (C=O) groups is 1. The second-order valence-corrected chi connectivity index (χ2v) is 5.35. The molecule has 1 aliphatic rings. The maximum atomic E-state index is 14.2. The first-order valence-corrected chi connectivity index (χ1v) is 6.96. The summed E-state index contributed by atoms with van der Waals surface area (Å²) < 4.78 is 21.3. The average molecular weight is 356 g/mol. The van der Waals surface area contributed by atoms with Crippen molar-refractivity contribution in [2.45, 2.75) is 6.10 Å². The number of halogens is 2. The van der Waals surface area contributed by atoms with Gasteiger partial charge in [0.05, 0.1) is 24.5 Å². The van der Waals surface area contributed by atoms with Crippen molar-refractivity contribution < 1.29 is 19.0 Å². The Morgan fingerprint density at radius 3 is 2.90 bits per heavy atom. The standard InChI is InChI=1S/C13H11BrFN3O3/c14-12-5-17(7-16-12)11-2-1-8(3-10(11)15)18-4-9(6-19)21-13(18)20/h1-3,5,7,9,19H,4,6H2/t9-/m1/s1. The molecule has 0 radical (unpaired) electrons. The van der Waals surface area contributed by atoms with Crippen LogP contribution in [-0.4, -0.2) is 40.0 Å². The van der Waals surface area contributed by atoms with Crippen LogP contribution in [-0.2, 0) is 4.74 Å². The Morgan fingerprint density at radius 2 is 2.33 bits per heavy atom. The number of nitrogens with zero attached hydrogens (tertiary/aromatic N) is 3. The van der Waals surface area contributed by atoms with Gasteiger partial charge in [0.25, 0.3) is 0 Å². The van der Waals surface area contributed by atoms with Crippen molar-refractivity contribution in [3.05, 3.63) is 41.1 Å². The van der Waals surface area contributed by atoms with Gasteiger partial charge in [0.2, 0.25) is 0 Å². The van der Waals surface area contributed by atoms with E-state index in [4.69, 9.17) is 9.84 Å². The second kappa shape index (κ2) is 5.45. The molecular formula is C13H11BrFN3O3. The first kappa shape index (κ1) is 14.0. The van der Waals surface area contributed by atoms with E-state index in [1.54, 1.807) is 18.3 Å². The summed E-state index contributed by atoms with van der Waals surface area (Å²) in [5, 5.41) is 9.01. The van der Waals surface area contributed by atoms with Gasteiger partial charge in [0.1, 0.15) is 22.9 Å². The summed E-state index contributed by atoms with van der Waals surface area (Å²) in [4.78, 5) is 16.9. The van der Waals surface area contributed by atoms with Crippen molar-refractivity contribution in [2.24, 2.45) is 0 Å². The summed E-state index contributed by atoms with van der Waals surface area (Å²) in [7, 11) is 0. The van der Waals surface area contributed by atoms with Gasteiger partial charge in [-0.25, -0.2) is 14.2 Å². The fraction of sp³-hybridized carbons (Fsp3) is 0.231. The van der Waals surface area contributed by atoms with Crippen LogP contribution in [0.25, 0.3) is 5.69 Å². The zero-order valence-electron chi connectivity index (χ0n) is 10.7. The van der Waals surface area contributed by atoms with Crippen LogP contribution in [0, 0.1) is 5.82 Å². The Morgan fingerprint density at radius 1 is 1.52 bits per heavy atom. The molecule has 6 nitrogen and oxygen atoms in total. The van der Waals surface area contributed by atoms with Crippen molar-refractivity contribution in [2.75, 3.05) is 18.1 Å². The van der Waals surface area contributed by atoms with Gasteiger partial charge in [-0.2, -0.15) is 0 Å². The minimum absolute atomic E-state index is 0.199. The number of aliphatic hydroxyl groups excluding tert-OH is 1. The number of carbonyl (C=O) groups excluding carboxylic acids is 1. The summed E-state index contributed by atoms with van der Waals surface area (Å²) in [5.41, 5.74) is 0.708. The fourth-order valence-electron chi connectivity index (χ4n) is 2.13. The van der Waals surface area contributed by atoms with E-state index in [1.165, 1.54) is 21.9 Å². The highest BCUT2D eigenvalue weighted by Gasteiger charge is 2.32. The molecule has 8 heteroatoms. The third kappa shape index (κ3) is 2.64. The molecule has 1 fully saturated rings. The maximum absolute atomic E-state index is 14.2. The first-order valence-electron chi connectivity index (χ1n) is 6.17. The lowest BCUT2D eigenvalue weighted by atomic mass is 10.2. The number of imidazole rings is 1. The Balaban J connectivity index is 1.90. The molecule has 1 amide bonds. The van der Waals surface area contributed by atoms with Crippen LogP contribution >= 0.6 is 15.9 Å². The highest BCUT2D eigenvalue weighted by atomic mass is 79.9. The molecule has 0 bridgehead atoms. The zero-order valence-corrected chi connectivity index (χ0v) is 12.3. The molecule has 0 aliphatic carbocycles. The minimum Gasteiger partial charge on any atom is -0.441 e. The third-order valence-electron chi connectivity index (χ3n) is 3.15. The maximum Gasteiger partial charge on any atom is 0.414 e. The lowest BCUT2D eigenvalue weighted by Crippen LogP contribution is -2.25. The van der Waals surface area contributed by atoms with E-state index in [9.17, 15) is 9.18 Å². The number of cyclic esters (lactones) is 1. The van der Waals surface area contributed by atoms with Crippen molar-refractivity contribution in [3.8, 4) is 5.69 Å². The van der Waals surface area contributed by atoms with Crippen LogP contribution < -0.4 is 4.90 Å². The molecule has 1 aromatic carbocycles. The number of ether oxygens (including phenoxy) is 1. The number of hydrogen-bond donors (Lipinski definition) is 1. The number of benzene rings is 1. The highest BCUT2D eigenvalue weighted by molar-refractivity contribution is 9.10. The van der Waals surface area contributed by atoms with Gasteiger partial charge >= 0.3 is 6.09 Å². The molecule has 0 unspecified atom stereocenters. The SMILES string of the molecule is O=C1O[C@@H](CO)CN1c1ccc(-n2cnc(Br)c2)c(F)c1. The van der Waals surface area contributed by atoms with Crippen LogP contribution in [0.4, 0.5) is 14.9 Å². The summed E-state index contributed by atoms with van der Waals surface area (Å²) in [6.45, 7) is -0.0589.